The largest absolute Gasteiger partial charge is 0.445 e. The second-order valence-electron chi connectivity index (χ2n) is 3.43. The summed E-state index contributed by atoms with van der Waals surface area (Å²) in [6.45, 7) is 3.78. The van der Waals surface area contributed by atoms with E-state index in [4.69, 9.17) is 9.88 Å². The first-order valence-corrected chi connectivity index (χ1v) is 6.61. The molecule has 0 aliphatic rings. The van der Waals surface area contributed by atoms with E-state index >= 15 is 0 Å². The van der Waals surface area contributed by atoms with E-state index in [0.717, 1.165) is 5.56 Å². The smallest absolute Gasteiger partial charge is 0.407 e. The van der Waals surface area contributed by atoms with Crippen molar-refractivity contribution in [2.45, 2.75) is 11.4 Å². The number of carbonyl (C=O) groups excluding carboxylic acids is 1. The lowest BCUT2D eigenvalue weighted by atomic mass is 10.2. The number of hydrogen-bond acceptors (Lipinski definition) is 4. The van der Waals surface area contributed by atoms with Crippen LogP contribution in [0.3, 0.4) is 0 Å². The van der Waals surface area contributed by atoms with Gasteiger partial charge in [0.2, 0.25) is 10.0 Å². The molecule has 0 aromatic heterocycles. The van der Waals surface area contributed by atoms with Crippen LogP contribution in [0.25, 0.3) is 0 Å². The highest BCUT2D eigenvalue weighted by atomic mass is 32.2. The van der Waals surface area contributed by atoms with Crippen molar-refractivity contribution in [3.8, 4) is 0 Å². The Balaban J connectivity index is 2.54. The summed E-state index contributed by atoms with van der Waals surface area (Å²) in [7, 11) is -3.69. The number of benzene rings is 1. The van der Waals surface area contributed by atoms with Crippen molar-refractivity contribution >= 4 is 16.1 Å². The third-order valence-corrected chi connectivity index (χ3v) is 2.95. The van der Waals surface area contributed by atoms with Crippen LogP contribution in [0.4, 0.5) is 4.79 Å². The van der Waals surface area contributed by atoms with E-state index in [1.165, 1.54) is 18.2 Å². The fourth-order valence-corrected chi connectivity index (χ4v) is 1.67. The highest BCUT2D eigenvalue weighted by Gasteiger charge is 2.07. The molecular formula is C11H14N2O4S. The molecule has 0 heterocycles. The number of carbonyl (C=O) groups is 1. The van der Waals surface area contributed by atoms with Crippen LogP contribution in [0.2, 0.25) is 0 Å². The highest BCUT2D eigenvalue weighted by molar-refractivity contribution is 7.89. The van der Waals surface area contributed by atoms with Gasteiger partial charge in [-0.2, -0.15) is 0 Å². The molecule has 1 aromatic rings. The summed E-state index contributed by atoms with van der Waals surface area (Å²) in [5.41, 5.74) is 0.734. The van der Waals surface area contributed by atoms with Gasteiger partial charge in [0.1, 0.15) is 6.61 Å². The summed E-state index contributed by atoms with van der Waals surface area (Å²) in [5, 5.41) is 7.46. The normalized spacial score (nSPS) is 10.7. The lowest BCUT2D eigenvalue weighted by Crippen LogP contribution is -2.23. The Morgan fingerprint density at radius 2 is 2.00 bits per heavy atom. The minimum Gasteiger partial charge on any atom is -0.445 e. The van der Waals surface area contributed by atoms with Gasteiger partial charge in [-0.1, -0.05) is 24.8 Å². The SMILES string of the molecule is C=CCOC(=O)NCc1ccc(S(N)(=O)=O)cc1. The minimum absolute atomic E-state index is 0.0282. The van der Waals surface area contributed by atoms with Crippen molar-refractivity contribution in [2.75, 3.05) is 6.61 Å². The van der Waals surface area contributed by atoms with Gasteiger partial charge in [0, 0.05) is 6.54 Å². The molecule has 0 atom stereocenters. The first-order chi connectivity index (χ1) is 8.43. The number of primary sulfonamides is 1. The van der Waals surface area contributed by atoms with E-state index in [2.05, 4.69) is 11.9 Å². The molecule has 0 fully saturated rings. The standard InChI is InChI=1S/C11H14N2O4S/c1-2-7-17-11(14)13-8-9-3-5-10(6-4-9)18(12,15)16/h2-6H,1,7-8H2,(H,13,14)(H2,12,15,16). The predicted molar refractivity (Wildman–Crippen MR) is 66.2 cm³/mol. The summed E-state index contributed by atoms with van der Waals surface area (Å²) in [6, 6.07) is 5.88. The molecule has 98 valence electrons. The van der Waals surface area contributed by atoms with Crippen LogP contribution in [0, 0.1) is 0 Å². The number of nitrogens with two attached hydrogens (primary N) is 1. The number of alkyl carbamates (subject to hydrolysis) is 1. The summed E-state index contributed by atoms with van der Waals surface area (Å²) in [5.74, 6) is 0. The number of rotatable bonds is 5. The summed E-state index contributed by atoms with van der Waals surface area (Å²) in [4.78, 5) is 11.1. The number of sulfonamides is 1. The maximum Gasteiger partial charge on any atom is 0.407 e. The number of nitrogens with one attached hydrogen (secondary N) is 1. The van der Waals surface area contributed by atoms with Crippen molar-refractivity contribution in [3.05, 3.63) is 42.5 Å². The summed E-state index contributed by atoms with van der Waals surface area (Å²) in [6.07, 6.45) is 0.894. The Labute approximate surface area is 105 Å². The van der Waals surface area contributed by atoms with E-state index in [9.17, 15) is 13.2 Å². The molecule has 3 N–H and O–H groups in total. The molecule has 0 saturated heterocycles. The van der Waals surface area contributed by atoms with Crippen LogP contribution in [0.15, 0.2) is 41.8 Å². The topological polar surface area (TPSA) is 98.5 Å². The third kappa shape index (κ3) is 4.56. The second-order valence-corrected chi connectivity index (χ2v) is 4.99. The van der Waals surface area contributed by atoms with Gasteiger partial charge in [-0.3, -0.25) is 0 Å². The second kappa shape index (κ2) is 6.18. The molecule has 6 nitrogen and oxygen atoms in total. The third-order valence-electron chi connectivity index (χ3n) is 2.02. The Morgan fingerprint density at radius 1 is 1.39 bits per heavy atom. The Kier molecular flexibility index (Phi) is 4.87. The monoisotopic (exact) mass is 270 g/mol. The molecule has 1 amide bonds. The Hall–Kier alpha value is -1.86. The van der Waals surface area contributed by atoms with E-state index in [1.807, 2.05) is 0 Å². The zero-order valence-corrected chi connectivity index (χ0v) is 10.4. The molecule has 0 radical (unpaired) electrons. The average Bonchev–Trinajstić information content (AvgIpc) is 2.33. The maximum absolute atomic E-state index is 11.1. The van der Waals surface area contributed by atoms with Gasteiger partial charge in [0.15, 0.2) is 0 Å². The maximum atomic E-state index is 11.1. The molecule has 0 saturated carbocycles. The minimum atomic E-state index is -3.69. The van der Waals surface area contributed by atoms with Gasteiger partial charge in [-0.05, 0) is 17.7 Å². The van der Waals surface area contributed by atoms with Gasteiger partial charge in [-0.15, -0.1) is 0 Å². The summed E-state index contributed by atoms with van der Waals surface area (Å²) >= 11 is 0. The van der Waals surface area contributed by atoms with E-state index in [1.54, 1.807) is 12.1 Å². The van der Waals surface area contributed by atoms with Crippen LogP contribution >= 0.6 is 0 Å². The highest BCUT2D eigenvalue weighted by Crippen LogP contribution is 2.08. The molecule has 1 aromatic carbocycles. The van der Waals surface area contributed by atoms with Crippen LogP contribution in [0.5, 0.6) is 0 Å². The Bertz CT molecular complexity index is 522. The number of hydrogen-bond donors (Lipinski definition) is 2. The number of amides is 1. The molecular weight excluding hydrogens is 256 g/mol. The van der Waals surface area contributed by atoms with Gasteiger partial charge in [-0.25, -0.2) is 18.4 Å². The van der Waals surface area contributed by atoms with Crippen LogP contribution in [-0.2, 0) is 21.3 Å². The lowest BCUT2D eigenvalue weighted by Gasteiger charge is -2.06. The van der Waals surface area contributed by atoms with Crippen LogP contribution < -0.4 is 10.5 Å². The molecule has 0 unspecified atom stereocenters. The van der Waals surface area contributed by atoms with Crippen molar-refractivity contribution < 1.29 is 17.9 Å². The van der Waals surface area contributed by atoms with Crippen molar-refractivity contribution in [1.29, 1.82) is 0 Å². The molecule has 0 spiro atoms. The van der Waals surface area contributed by atoms with Crippen LogP contribution in [-0.4, -0.2) is 21.1 Å². The zero-order chi connectivity index (χ0) is 13.6. The lowest BCUT2D eigenvalue weighted by molar-refractivity contribution is 0.158. The van der Waals surface area contributed by atoms with Gasteiger partial charge in [0.05, 0.1) is 4.90 Å². The van der Waals surface area contributed by atoms with Crippen molar-refractivity contribution in [3.63, 3.8) is 0 Å². The number of ether oxygens (including phenoxy) is 1. The molecule has 7 heteroatoms. The fourth-order valence-electron chi connectivity index (χ4n) is 1.16. The zero-order valence-electron chi connectivity index (χ0n) is 9.63. The fraction of sp³-hybridized carbons (Fsp3) is 0.182. The summed E-state index contributed by atoms with van der Waals surface area (Å²) < 4.78 is 26.7. The molecule has 0 aliphatic heterocycles. The molecule has 18 heavy (non-hydrogen) atoms. The van der Waals surface area contributed by atoms with Gasteiger partial charge < -0.3 is 10.1 Å². The molecule has 0 aliphatic carbocycles. The predicted octanol–water partition coefficient (Wildman–Crippen LogP) is 0.746. The molecule has 0 bridgehead atoms. The first-order valence-electron chi connectivity index (χ1n) is 5.07. The van der Waals surface area contributed by atoms with Crippen LogP contribution in [0.1, 0.15) is 5.56 Å². The van der Waals surface area contributed by atoms with E-state index < -0.39 is 16.1 Å². The Morgan fingerprint density at radius 3 is 2.50 bits per heavy atom. The van der Waals surface area contributed by atoms with E-state index in [-0.39, 0.29) is 18.0 Å². The quantitative estimate of drug-likeness (QED) is 0.771. The van der Waals surface area contributed by atoms with Crippen molar-refractivity contribution in [1.82, 2.24) is 5.32 Å². The first kappa shape index (κ1) is 14.2. The average molecular weight is 270 g/mol. The van der Waals surface area contributed by atoms with E-state index in [0.29, 0.717) is 0 Å². The molecule has 1 rings (SSSR count). The van der Waals surface area contributed by atoms with Gasteiger partial charge in [0.25, 0.3) is 0 Å². The van der Waals surface area contributed by atoms with Gasteiger partial charge >= 0.3 is 6.09 Å². The van der Waals surface area contributed by atoms with Crippen molar-refractivity contribution in [2.24, 2.45) is 5.14 Å².